The molecule has 0 fully saturated rings. The Morgan fingerprint density at radius 1 is 0.444 bits per heavy atom. The van der Waals surface area contributed by atoms with Crippen molar-refractivity contribution in [3.63, 3.8) is 0 Å². The second kappa shape index (κ2) is 44.8. The fourth-order valence-electron chi connectivity index (χ4n) is 7.65. The van der Waals surface area contributed by atoms with Gasteiger partial charge in [-0.1, -0.05) is 244 Å². The molecule has 0 aromatic carbocycles. The zero-order valence-electron chi connectivity index (χ0n) is 36.1. The lowest BCUT2D eigenvalue weighted by Gasteiger charge is -2.20. The van der Waals surface area contributed by atoms with E-state index in [0.717, 1.165) is 38.5 Å². The van der Waals surface area contributed by atoms with Crippen molar-refractivity contribution < 1.29 is 25.2 Å². The van der Waals surface area contributed by atoms with Gasteiger partial charge in [-0.25, -0.2) is 0 Å². The molecule has 0 aromatic rings. The standard InChI is InChI=1S/C48H95NO5/c1-2-3-4-5-6-7-27-30-33-36-39-45(52)41-42-47(53)46(44-51)49-48(54)40-37-34-31-28-25-23-21-19-17-15-13-11-9-8-10-12-14-16-18-20-22-24-26-29-32-35-38-43-50/h41-42,45-47,50-53H,2-40,43-44H2,1H3,(H,49,54)/b42-41+/t45-,46+,47-/m1/s1. The van der Waals surface area contributed by atoms with E-state index in [1.54, 1.807) is 6.08 Å². The molecule has 3 atom stereocenters. The summed E-state index contributed by atoms with van der Waals surface area (Å²) in [6.45, 7) is 2.27. The third kappa shape index (κ3) is 40.7. The van der Waals surface area contributed by atoms with E-state index in [1.165, 1.54) is 205 Å². The van der Waals surface area contributed by atoms with Gasteiger partial charge in [0.15, 0.2) is 0 Å². The van der Waals surface area contributed by atoms with Crippen molar-refractivity contribution in [2.45, 2.75) is 276 Å². The zero-order valence-corrected chi connectivity index (χ0v) is 36.1. The highest BCUT2D eigenvalue weighted by Crippen LogP contribution is 2.17. The SMILES string of the molecule is CCCCCCCCCCCC[C@@H](O)/C=C/[C@@H](O)[C@H](CO)NC(=O)CCCCCCCCCCCCCCCCCCCCCCCCCCCCCO. The molecule has 0 aliphatic carbocycles. The Hall–Kier alpha value is -0.950. The summed E-state index contributed by atoms with van der Waals surface area (Å²) in [5.74, 6) is -0.127. The van der Waals surface area contributed by atoms with Crippen molar-refractivity contribution in [2.75, 3.05) is 13.2 Å². The highest BCUT2D eigenvalue weighted by Gasteiger charge is 2.18. The average molecular weight is 766 g/mol. The monoisotopic (exact) mass is 766 g/mol. The topological polar surface area (TPSA) is 110 Å². The number of rotatable bonds is 45. The molecule has 0 saturated carbocycles. The van der Waals surface area contributed by atoms with Crippen molar-refractivity contribution in [3.8, 4) is 0 Å². The first-order valence-electron chi connectivity index (χ1n) is 24.1. The summed E-state index contributed by atoms with van der Waals surface area (Å²) < 4.78 is 0. The number of hydrogen-bond acceptors (Lipinski definition) is 5. The fourth-order valence-corrected chi connectivity index (χ4v) is 7.65. The Bertz CT molecular complexity index is 761. The number of aliphatic hydroxyl groups excluding tert-OH is 4. The first-order valence-corrected chi connectivity index (χ1v) is 24.1. The Kier molecular flexibility index (Phi) is 44.0. The predicted molar refractivity (Wildman–Crippen MR) is 233 cm³/mol. The second-order valence-corrected chi connectivity index (χ2v) is 16.8. The summed E-state index contributed by atoms with van der Waals surface area (Å²) in [7, 11) is 0. The Morgan fingerprint density at radius 2 is 0.759 bits per heavy atom. The van der Waals surface area contributed by atoms with E-state index < -0.39 is 18.2 Å². The Balaban J connectivity index is 3.50. The van der Waals surface area contributed by atoms with E-state index in [9.17, 15) is 20.1 Å². The molecular weight excluding hydrogens is 671 g/mol. The number of hydrogen-bond donors (Lipinski definition) is 5. The smallest absolute Gasteiger partial charge is 0.220 e. The summed E-state index contributed by atoms with van der Waals surface area (Å²) in [6.07, 6.45) is 50.8. The van der Waals surface area contributed by atoms with Gasteiger partial charge < -0.3 is 25.7 Å². The molecule has 0 aliphatic heterocycles. The molecule has 6 heteroatoms. The first kappa shape index (κ1) is 53.0. The third-order valence-corrected chi connectivity index (χ3v) is 11.4. The molecule has 6 nitrogen and oxygen atoms in total. The van der Waals surface area contributed by atoms with E-state index in [-0.39, 0.29) is 12.5 Å². The van der Waals surface area contributed by atoms with Crippen molar-refractivity contribution in [3.05, 3.63) is 12.2 Å². The van der Waals surface area contributed by atoms with E-state index in [4.69, 9.17) is 5.11 Å². The molecule has 0 unspecified atom stereocenters. The van der Waals surface area contributed by atoms with Gasteiger partial charge in [-0.05, 0) is 19.3 Å². The maximum atomic E-state index is 12.4. The fraction of sp³-hybridized carbons (Fsp3) is 0.938. The van der Waals surface area contributed by atoms with Gasteiger partial charge in [-0.2, -0.15) is 0 Å². The molecule has 1 amide bonds. The largest absolute Gasteiger partial charge is 0.396 e. The summed E-state index contributed by atoms with van der Waals surface area (Å²) in [6, 6.07) is -0.743. The maximum Gasteiger partial charge on any atom is 0.220 e. The molecule has 54 heavy (non-hydrogen) atoms. The summed E-state index contributed by atoms with van der Waals surface area (Å²) in [4.78, 5) is 12.4. The van der Waals surface area contributed by atoms with Gasteiger partial charge in [0.1, 0.15) is 0 Å². The summed E-state index contributed by atoms with van der Waals surface area (Å²) >= 11 is 0. The number of nitrogens with one attached hydrogen (secondary N) is 1. The van der Waals surface area contributed by atoms with Crippen LogP contribution in [0.4, 0.5) is 0 Å². The van der Waals surface area contributed by atoms with Crippen LogP contribution >= 0.6 is 0 Å². The van der Waals surface area contributed by atoms with Crippen LogP contribution in [0.15, 0.2) is 12.2 Å². The predicted octanol–water partition coefficient (Wildman–Crippen LogP) is 13.0. The highest BCUT2D eigenvalue weighted by atomic mass is 16.3. The van der Waals surface area contributed by atoms with Gasteiger partial charge in [-0.3, -0.25) is 4.79 Å². The molecule has 0 spiro atoms. The number of carbonyl (C=O) groups excluding carboxylic acids is 1. The summed E-state index contributed by atoms with van der Waals surface area (Å²) in [5.41, 5.74) is 0. The van der Waals surface area contributed by atoms with Crippen LogP contribution in [0.2, 0.25) is 0 Å². The van der Waals surface area contributed by atoms with Gasteiger partial charge >= 0.3 is 0 Å². The minimum Gasteiger partial charge on any atom is -0.396 e. The molecule has 0 aliphatic rings. The molecule has 0 bridgehead atoms. The molecule has 322 valence electrons. The molecular formula is C48H95NO5. The normalized spacial score (nSPS) is 13.5. The number of carbonyl (C=O) groups is 1. The molecule has 0 saturated heterocycles. The Labute approximate surface area is 336 Å². The van der Waals surface area contributed by atoms with Crippen LogP contribution in [0.25, 0.3) is 0 Å². The molecule has 0 aromatic heterocycles. The molecule has 5 N–H and O–H groups in total. The van der Waals surface area contributed by atoms with Gasteiger partial charge in [0.05, 0.1) is 24.9 Å². The number of unbranched alkanes of at least 4 members (excludes halogenated alkanes) is 35. The molecule has 0 heterocycles. The minimum atomic E-state index is -1.01. The van der Waals surface area contributed by atoms with Crippen LogP contribution in [0.5, 0.6) is 0 Å². The maximum absolute atomic E-state index is 12.4. The zero-order chi connectivity index (χ0) is 39.4. The van der Waals surface area contributed by atoms with Crippen LogP contribution in [0.1, 0.15) is 257 Å². The first-order chi connectivity index (χ1) is 26.5. The van der Waals surface area contributed by atoms with Gasteiger partial charge in [0.2, 0.25) is 5.91 Å². The van der Waals surface area contributed by atoms with E-state index in [1.807, 2.05) is 0 Å². The van der Waals surface area contributed by atoms with Crippen LogP contribution in [0.3, 0.4) is 0 Å². The number of aliphatic hydroxyl groups is 4. The van der Waals surface area contributed by atoms with Crippen molar-refractivity contribution in [1.29, 1.82) is 0 Å². The lowest BCUT2D eigenvalue weighted by Crippen LogP contribution is -2.45. The van der Waals surface area contributed by atoms with Crippen LogP contribution in [-0.2, 0) is 4.79 Å². The van der Waals surface area contributed by atoms with Gasteiger partial charge in [-0.15, -0.1) is 0 Å². The molecule has 0 rings (SSSR count). The minimum absolute atomic E-state index is 0.127. The lowest BCUT2D eigenvalue weighted by atomic mass is 10.0. The highest BCUT2D eigenvalue weighted by molar-refractivity contribution is 5.76. The van der Waals surface area contributed by atoms with Crippen molar-refractivity contribution in [1.82, 2.24) is 5.32 Å². The van der Waals surface area contributed by atoms with Crippen molar-refractivity contribution in [2.24, 2.45) is 0 Å². The van der Waals surface area contributed by atoms with E-state index in [2.05, 4.69) is 12.2 Å². The second-order valence-electron chi connectivity index (χ2n) is 16.8. The summed E-state index contributed by atoms with van der Waals surface area (Å²) in [5, 5.41) is 42.0. The van der Waals surface area contributed by atoms with Gasteiger partial charge in [0, 0.05) is 13.0 Å². The third-order valence-electron chi connectivity index (χ3n) is 11.4. The molecule has 0 radical (unpaired) electrons. The van der Waals surface area contributed by atoms with Gasteiger partial charge in [0.25, 0.3) is 0 Å². The quantitative estimate of drug-likeness (QED) is 0.0313. The Morgan fingerprint density at radius 3 is 1.09 bits per heavy atom. The number of amides is 1. The lowest BCUT2D eigenvalue weighted by molar-refractivity contribution is -0.123. The van der Waals surface area contributed by atoms with Crippen LogP contribution in [0, 0.1) is 0 Å². The van der Waals surface area contributed by atoms with Crippen molar-refractivity contribution >= 4 is 5.91 Å². The van der Waals surface area contributed by atoms with Crippen LogP contribution < -0.4 is 5.32 Å². The van der Waals surface area contributed by atoms with E-state index >= 15 is 0 Å². The average Bonchev–Trinajstić information content (AvgIpc) is 3.17. The van der Waals surface area contributed by atoms with Crippen LogP contribution in [-0.4, -0.2) is 57.8 Å². The van der Waals surface area contributed by atoms with E-state index in [0.29, 0.717) is 19.4 Å².